The van der Waals surface area contributed by atoms with Gasteiger partial charge in [0, 0.05) is 31.0 Å². The number of carbonyl (C=O) groups excluding carboxylic acids is 1. The fraction of sp³-hybridized carbons (Fsp3) is 0.172. The van der Waals surface area contributed by atoms with E-state index in [0.29, 0.717) is 12.4 Å². The first-order valence-corrected chi connectivity index (χ1v) is 12.0. The van der Waals surface area contributed by atoms with Gasteiger partial charge in [0.05, 0.1) is 17.2 Å². The van der Waals surface area contributed by atoms with Crippen LogP contribution in [0.5, 0.6) is 0 Å². The van der Waals surface area contributed by atoms with Gasteiger partial charge in [-0.1, -0.05) is 36.4 Å². The Balaban J connectivity index is 1.29. The number of hydrogen-bond donors (Lipinski definition) is 3. The van der Waals surface area contributed by atoms with Gasteiger partial charge >= 0.3 is 0 Å². The van der Waals surface area contributed by atoms with Gasteiger partial charge in [0.1, 0.15) is 23.5 Å². The summed E-state index contributed by atoms with van der Waals surface area (Å²) in [5.41, 5.74) is 5.72. The molecule has 4 aromatic rings. The molecule has 1 aliphatic rings. The molecule has 2 aromatic carbocycles. The minimum atomic E-state index is -0.377. The summed E-state index contributed by atoms with van der Waals surface area (Å²) >= 11 is 0. The molecular formula is C29H25FN6O. The summed E-state index contributed by atoms with van der Waals surface area (Å²) in [6.45, 7) is 3.18. The summed E-state index contributed by atoms with van der Waals surface area (Å²) in [7, 11) is 0. The second-order valence-electron chi connectivity index (χ2n) is 8.94. The second-order valence-corrected chi connectivity index (χ2v) is 8.94. The third-order valence-electron chi connectivity index (χ3n) is 6.38. The van der Waals surface area contributed by atoms with Gasteiger partial charge in [0.25, 0.3) is 5.91 Å². The van der Waals surface area contributed by atoms with Crippen LogP contribution >= 0.6 is 0 Å². The molecule has 3 heterocycles. The summed E-state index contributed by atoms with van der Waals surface area (Å²) in [6.07, 6.45) is 4.29. The van der Waals surface area contributed by atoms with Crippen LogP contribution in [0.1, 0.15) is 45.6 Å². The average molecular weight is 493 g/mol. The Morgan fingerprint density at radius 2 is 1.86 bits per heavy atom. The number of nitrogens with zero attached hydrogens (tertiary/aromatic N) is 3. The third-order valence-corrected chi connectivity index (χ3v) is 6.38. The number of fused-ring (bicyclic) bond motifs is 1. The van der Waals surface area contributed by atoms with E-state index in [1.54, 1.807) is 12.1 Å². The lowest BCUT2D eigenvalue weighted by atomic mass is 10.0. The molecular weight excluding hydrogens is 467 g/mol. The molecule has 5 rings (SSSR count). The van der Waals surface area contributed by atoms with Gasteiger partial charge in [-0.15, -0.1) is 0 Å². The third kappa shape index (κ3) is 5.41. The number of nitriles is 1. The number of halogens is 1. The predicted octanol–water partition coefficient (Wildman–Crippen LogP) is 5.23. The van der Waals surface area contributed by atoms with Crippen molar-refractivity contribution in [3.8, 4) is 17.2 Å². The number of nitrogens with one attached hydrogen (secondary N) is 3. The van der Waals surface area contributed by atoms with Crippen molar-refractivity contribution in [3.63, 3.8) is 0 Å². The van der Waals surface area contributed by atoms with Gasteiger partial charge in [-0.2, -0.15) is 5.26 Å². The van der Waals surface area contributed by atoms with Gasteiger partial charge in [0.2, 0.25) is 0 Å². The first-order chi connectivity index (χ1) is 18.0. The molecule has 0 aliphatic carbocycles. The zero-order chi connectivity index (χ0) is 25.8. The standard InChI is InChI=1S/C29H25FN6O/c1-18(21-6-8-25(30)9-7-21)36-29(37)26-12-20(14-31)16-34-28(26)33-15-19-2-4-22(5-3-19)24-13-23-10-11-32-27(23)35-17-24/h2-9,12-13,16-18H,10-11,15H2,1H3,(H,32,35)(H,33,34)(H,36,37). The van der Waals surface area contributed by atoms with Crippen LogP contribution in [0.3, 0.4) is 0 Å². The molecule has 37 heavy (non-hydrogen) atoms. The van der Waals surface area contributed by atoms with Crippen LogP contribution in [-0.4, -0.2) is 22.4 Å². The van der Waals surface area contributed by atoms with E-state index in [1.807, 2.05) is 43.5 Å². The van der Waals surface area contributed by atoms with E-state index in [2.05, 4.69) is 32.0 Å². The highest BCUT2D eigenvalue weighted by atomic mass is 19.1. The van der Waals surface area contributed by atoms with E-state index in [-0.39, 0.29) is 28.9 Å². The minimum absolute atomic E-state index is 0.266. The largest absolute Gasteiger partial charge is 0.370 e. The summed E-state index contributed by atoms with van der Waals surface area (Å²) in [5, 5.41) is 18.7. The predicted molar refractivity (Wildman–Crippen MR) is 140 cm³/mol. The Morgan fingerprint density at radius 3 is 2.62 bits per heavy atom. The summed E-state index contributed by atoms with van der Waals surface area (Å²) < 4.78 is 13.3. The van der Waals surface area contributed by atoms with E-state index < -0.39 is 0 Å². The molecule has 1 unspecified atom stereocenters. The summed E-state index contributed by atoms with van der Waals surface area (Å²) in [4.78, 5) is 21.9. The van der Waals surface area contributed by atoms with E-state index in [1.165, 1.54) is 30.0 Å². The molecule has 1 atom stereocenters. The number of hydrogen-bond acceptors (Lipinski definition) is 6. The maximum absolute atomic E-state index is 13.3. The fourth-order valence-electron chi connectivity index (χ4n) is 4.28. The lowest BCUT2D eigenvalue weighted by Gasteiger charge is -2.16. The Hall–Kier alpha value is -4.77. The van der Waals surface area contributed by atoms with Crippen molar-refractivity contribution in [2.45, 2.75) is 25.9 Å². The number of amides is 1. The van der Waals surface area contributed by atoms with Crippen LogP contribution in [0, 0.1) is 17.1 Å². The Labute approximate surface area is 214 Å². The number of rotatable bonds is 7. The summed E-state index contributed by atoms with van der Waals surface area (Å²) in [6, 6.07) is 19.5. The molecule has 8 heteroatoms. The lowest BCUT2D eigenvalue weighted by molar-refractivity contribution is 0.0940. The Morgan fingerprint density at radius 1 is 1.08 bits per heavy atom. The second kappa shape index (κ2) is 10.5. The summed E-state index contributed by atoms with van der Waals surface area (Å²) in [5.74, 6) is 0.625. The van der Waals surface area contributed by atoms with E-state index in [4.69, 9.17) is 0 Å². The van der Waals surface area contributed by atoms with E-state index >= 15 is 0 Å². The van der Waals surface area contributed by atoms with Crippen molar-refractivity contribution in [2.75, 3.05) is 17.2 Å². The maximum Gasteiger partial charge on any atom is 0.255 e. The number of carbonyl (C=O) groups is 1. The molecule has 0 bridgehead atoms. The van der Waals surface area contributed by atoms with Gasteiger partial charge in [0.15, 0.2) is 0 Å². The number of anilines is 2. The highest BCUT2D eigenvalue weighted by molar-refractivity contribution is 5.99. The van der Waals surface area contributed by atoms with Crippen molar-refractivity contribution in [2.24, 2.45) is 0 Å². The number of benzene rings is 2. The highest BCUT2D eigenvalue weighted by Gasteiger charge is 2.17. The van der Waals surface area contributed by atoms with Crippen molar-refractivity contribution >= 4 is 17.5 Å². The maximum atomic E-state index is 13.3. The molecule has 2 aromatic heterocycles. The topological polar surface area (TPSA) is 103 Å². The van der Waals surface area contributed by atoms with Crippen molar-refractivity contribution in [1.29, 1.82) is 5.26 Å². The van der Waals surface area contributed by atoms with Gasteiger partial charge in [-0.05, 0) is 59.9 Å². The first kappa shape index (κ1) is 23.9. The molecule has 7 nitrogen and oxygen atoms in total. The minimum Gasteiger partial charge on any atom is -0.370 e. The Bertz CT molecular complexity index is 1480. The smallest absolute Gasteiger partial charge is 0.255 e. The molecule has 1 aliphatic heterocycles. The van der Waals surface area contributed by atoms with Crippen molar-refractivity contribution < 1.29 is 9.18 Å². The van der Waals surface area contributed by atoms with Crippen LogP contribution < -0.4 is 16.0 Å². The lowest BCUT2D eigenvalue weighted by Crippen LogP contribution is -2.28. The zero-order valence-corrected chi connectivity index (χ0v) is 20.3. The Kier molecular flexibility index (Phi) is 6.77. The van der Waals surface area contributed by atoms with Crippen LogP contribution in [0.2, 0.25) is 0 Å². The fourth-order valence-corrected chi connectivity index (χ4v) is 4.28. The number of aromatic nitrogens is 2. The molecule has 0 fully saturated rings. The van der Waals surface area contributed by atoms with Gasteiger partial charge in [-0.25, -0.2) is 14.4 Å². The van der Waals surface area contributed by atoms with Gasteiger partial charge in [-0.3, -0.25) is 4.79 Å². The molecule has 0 radical (unpaired) electrons. The van der Waals surface area contributed by atoms with Crippen LogP contribution in [-0.2, 0) is 13.0 Å². The quantitative estimate of drug-likeness (QED) is 0.327. The van der Waals surface area contributed by atoms with Crippen LogP contribution in [0.15, 0.2) is 73.1 Å². The van der Waals surface area contributed by atoms with Crippen molar-refractivity contribution in [1.82, 2.24) is 15.3 Å². The zero-order valence-electron chi connectivity index (χ0n) is 20.3. The molecule has 1 amide bonds. The molecule has 0 spiro atoms. The highest BCUT2D eigenvalue weighted by Crippen LogP contribution is 2.27. The molecule has 0 saturated heterocycles. The molecule has 0 saturated carbocycles. The van der Waals surface area contributed by atoms with Crippen molar-refractivity contribution in [3.05, 3.63) is 107 Å². The van der Waals surface area contributed by atoms with Crippen LogP contribution in [0.4, 0.5) is 16.0 Å². The van der Waals surface area contributed by atoms with Crippen LogP contribution in [0.25, 0.3) is 11.1 Å². The average Bonchev–Trinajstić information content (AvgIpc) is 3.40. The molecule has 184 valence electrons. The van der Waals surface area contributed by atoms with E-state index in [0.717, 1.165) is 41.0 Å². The first-order valence-electron chi connectivity index (χ1n) is 12.0. The van der Waals surface area contributed by atoms with E-state index in [9.17, 15) is 14.4 Å². The number of pyridine rings is 2. The monoisotopic (exact) mass is 492 g/mol. The van der Waals surface area contributed by atoms with Gasteiger partial charge < -0.3 is 16.0 Å². The normalized spacial score (nSPS) is 12.7. The molecule has 3 N–H and O–H groups in total. The SMILES string of the molecule is CC(NC(=O)c1cc(C#N)cnc1NCc1ccc(-c2cnc3c(c2)CCN3)cc1)c1ccc(F)cc1.